The molecule has 1 heterocycles. The number of terminal acetylenes is 1. The average Bonchev–Trinajstić information content (AvgIpc) is 2.73. The van der Waals surface area contributed by atoms with Gasteiger partial charge in [0.15, 0.2) is 0 Å². The number of hydrogen-bond acceptors (Lipinski definition) is 4. The van der Waals surface area contributed by atoms with Crippen LogP contribution in [-0.4, -0.2) is 28.2 Å². The Morgan fingerprint density at radius 1 is 1.18 bits per heavy atom. The molecule has 2 fully saturated rings. The van der Waals surface area contributed by atoms with Crippen LogP contribution in [0.3, 0.4) is 0 Å². The van der Waals surface area contributed by atoms with Gasteiger partial charge in [-0.05, 0) is 25.2 Å². The van der Waals surface area contributed by atoms with Crippen molar-refractivity contribution < 1.29 is 0 Å². The molecule has 0 aromatic heterocycles. The normalized spacial score (nSPS) is 42.3. The largest absolute Gasteiger partial charge is 0.276 e. The van der Waals surface area contributed by atoms with Gasteiger partial charge in [0, 0.05) is 10.8 Å². The molecule has 0 aromatic rings. The molecule has 0 amide bonds. The first-order chi connectivity index (χ1) is 8.19. The average molecular weight is 294 g/mol. The van der Waals surface area contributed by atoms with Crippen molar-refractivity contribution >= 4 is 35.0 Å². The third-order valence-corrected chi connectivity index (χ3v) is 4.77. The zero-order valence-electron chi connectivity index (χ0n) is 9.46. The van der Waals surface area contributed by atoms with E-state index in [1.807, 2.05) is 0 Å². The van der Waals surface area contributed by atoms with Crippen molar-refractivity contribution in [1.29, 1.82) is 0 Å². The lowest BCUT2D eigenvalue weighted by Gasteiger charge is -2.32. The quantitative estimate of drug-likeness (QED) is 0.547. The van der Waals surface area contributed by atoms with Gasteiger partial charge in [0.25, 0.3) is 0 Å². The van der Waals surface area contributed by atoms with Crippen molar-refractivity contribution in [2.45, 2.75) is 41.7 Å². The Morgan fingerprint density at radius 3 is 2.53 bits per heavy atom. The molecule has 4 atom stereocenters. The SMILES string of the molecule is C#CCSC1NNC(C2CC(Cl)CC(Cl)C2)N1. The van der Waals surface area contributed by atoms with Gasteiger partial charge in [-0.2, -0.15) is 0 Å². The van der Waals surface area contributed by atoms with Crippen LogP contribution >= 0.6 is 35.0 Å². The maximum absolute atomic E-state index is 6.21. The summed E-state index contributed by atoms with van der Waals surface area (Å²) in [7, 11) is 0. The fourth-order valence-electron chi connectivity index (χ4n) is 2.38. The Kier molecular flexibility index (Phi) is 5.28. The fourth-order valence-corrected chi connectivity index (χ4v) is 4.02. The number of hydrazine groups is 1. The van der Waals surface area contributed by atoms with Crippen molar-refractivity contribution in [3.8, 4) is 12.3 Å². The van der Waals surface area contributed by atoms with E-state index in [0.717, 1.165) is 19.3 Å². The second-order valence-electron chi connectivity index (χ2n) is 4.49. The minimum absolute atomic E-state index is 0.167. The molecule has 0 aromatic carbocycles. The van der Waals surface area contributed by atoms with Crippen LogP contribution in [0, 0.1) is 18.3 Å². The second kappa shape index (κ2) is 6.51. The summed E-state index contributed by atoms with van der Waals surface area (Å²) in [5.41, 5.74) is 6.61. The van der Waals surface area contributed by atoms with Crippen molar-refractivity contribution in [1.82, 2.24) is 16.2 Å². The molecule has 0 bridgehead atoms. The molecule has 17 heavy (non-hydrogen) atoms. The molecule has 4 unspecified atom stereocenters. The van der Waals surface area contributed by atoms with E-state index in [4.69, 9.17) is 29.6 Å². The zero-order chi connectivity index (χ0) is 12.3. The summed E-state index contributed by atoms with van der Waals surface area (Å²) >= 11 is 14.1. The molecule has 3 N–H and O–H groups in total. The highest BCUT2D eigenvalue weighted by atomic mass is 35.5. The van der Waals surface area contributed by atoms with E-state index < -0.39 is 0 Å². The summed E-state index contributed by atoms with van der Waals surface area (Å²) in [6, 6.07) is 0. The van der Waals surface area contributed by atoms with Gasteiger partial charge in [-0.3, -0.25) is 5.32 Å². The summed E-state index contributed by atoms with van der Waals surface area (Å²) in [5, 5.41) is 3.85. The van der Waals surface area contributed by atoms with E-state index >= 15 is 0 Å². The maximum atomic E-state index is 6.21. The second-order valence-corrected chi connectivity index (χ2v) is 6.82. The van der Waals surface area contributed by atoms with Gasteiger partial charge in [-0.1, -0.05) is 5.92 Å². The van der Waals surface area contributed by atoms with Crippen LogP contribution < -0.4 is 16.2 Å². The third kappa shape index (κ3) is 3.92. The fraction of sp³-hybridized carbons (Fsp3) is 0.818. The number of rotatable bonds is 3. The monoisotopic (exact) mass is 293 g/mol. The highest BCUT2D eigenvalue weighted by Crippen LogP contribution is 2.33. The molecule has 2 aliphatic rings. The summed E-state index contributed by atoms with van der Waals surface area (Å²) in [4.78, 5) is 0. The van der Waals surface area contributed by atoms with E-state index in [9.17, 15) is 0 Å². The third-order valence-electron chi connectivity index (χ3n) is 3.13. The first-order valence-corrected chi connectivity index (χ1v) is 7.71. The van der Waals surface area contributed by atoms with Crippen LogP contribution in [0.25, 0.3) is 0 Å². The van der Waals surface area contributed by atoms with Gasteiger partial charge in [0.05, 0.1) is 11.9 Å². The van der Waals surface area contributed by atoms with Gasteiger partial charge in [0.1, 0.15) is 5.50 Å². The van der Waals surface area contributed by atoms with E-state index in [1.165, 1.54) is 0 Å². The Bertz CT molecular complexity index is 287. The van der Waals surface area contributed by atoms with Crippen molar-refractivity contribution in [2.24, 2.45) is 5.92 Å². The van der Waals surface area contributed by atoms with E-state index in [0.29, 0.717) is 11.7 Å². The van der Waals surface area contributed by atoms with Crippen molar-refractivity contribution in [3.05, 3.63) is 0 Å². The van der Waals surface area contributed by atoms with Crippen LogP contribution in [0.1, 0.15) is 19.3 Å². The van der Waals surface area contributed by atoms with E-state index in [-0.39, 0.29) is 22.4 Å². The smallest absolute Gasteiger partial charge is 0.120 e. The maximum Gasteiger partial charge on any atom is 0.120 e. The van der Waals surface area contributed by atoms with Crippen LogP contribution in [0.2, 0.25) is 0 Å². The Morgan fingerprint density at radius 2 is 1.88 bits per heavy atom. The van der Waals surface area contributed by atoms with Crippen LogP contribution in [0.4, 0.5) is 0 Å². The predicted octanol–water partition coefficient (Wildman–Crippen LogP) is 1.67. The Balaban J connectivity index is 1.81. The van der Waals surface area contributed by atoms with Crippen molar-refractivity contribution in [3.63, 3.8) is 0 Å². The molecule has 0 radical (unpaired) electrons. The molecule has 3 nitrogen and oxygen atoms in total. The Hall–Kier alpha value is 0.370. The summed E-state index contributed by atoms with van der Waals surface area (Å²) < 4.78 is 0. The van der Waals surface area contributed by atoms with E-state index in [1.54, 1.807) is 11.8 Å². The molecule has 2 rings (SSSR count). The van der Waals surface area contributed by atoms with Gasteiger partial charge in [-0.15, -0.1) is 41.4 Å². The minimum atomic E-state index is 0.167. The molecular weight excluding hydrogens is 277 g/mol. The van der Waals surface area contributed by atoms with Crippen LogP contribution in [0.15, 0.2) is 0 Å². The van der Waals surface area contributed by atoms with Gasteiger partial charge >= 0.3 is 0 Å². The number of halogens is 2. The van der Waals surface area contributed by atoms with Gasteiger partial charge in [0.2, 0.25) is 0 Å². The zero-order valence-corrected chi connectivity index (χ0v) is 11.8. The highest BCUT2D eigenvalue weighted by Gasteiger charge is 2.35. The molecule has 1 aliphatic carbocycles. The number of nitrogens with one attached hydrogen (secondary N) is 3. The lowest BCUT2D eigenvalue weighted by atomic mass is 9.86. The molecule has 6 heteroatoms. The molecule has 1 saturated heterocycles. The predicted molar refractivity (Wildman–Crippen MR) is 74.9 cm³/mol. The summed E-state index contributed by atoms with van der Waals surface area (Å²) in [6.45, 7) is 0. The van der Waals surface area contributed by atoms with Gasteiger partial charge < -0.3 is 0 Å². The highest BCUT2D eigenvalue weighted by molar-refractivity contribution is 8.00. The number of thioether (sulfide) groups is 1. The summed E-state index contributed by atoms with van der Waals surface area (Å²) in [6.07, 6.45) is 8.39. The number of hydrogen-bond donors (Lipinski definition) is 3. The molecule has 0 spiro atoms. The number of alkyl halides is 2. The minimum Gasteiger partial charge on any atom is -0.276 e. The van der Waals surface area contributed by atoms with E-state index in [2.05, 4.69) is 22.1 Å². The lowest BCUT2D eigenvalue weighted by Crippen LogP contribution is -2.44. The molecule has 1 aliphatic heterocycles. The first-order valence-electron chi connectivity index (χ1n) is 5.79. The molecule has 1 saturated carbocycles. The van der Waals surface area contributed by atoms with Crippen molar-refractivity contribution in [2.75, 3.05) is 5.75 Å². The molecule has 96 valence electrons. The summed E-state index contributed by atoms with van der Waals surface area (Å²) in [5.74, 6) is 3.78. The lowest BCUT2D eigenvalue weighted by molar-refractivity contribution is 0.271. The van der Waals surface area contributed by atoms with Crippen LogP contribution in [-0.2, 0) is 0 Å². The topological polar surface area (TPSA) is 36.1 Å². The standard InChI is InChI=1S/C11H17Cl2N3S/c1-2-3-17-11-14-10(15-16-11)7-4-8(12)6-9(13)5-7/h1,7-11,14-16H,3-6H2. The first kappa shape index (κ1) is 13.8. The Labute approximate surface area is 117 Å². The van der Waals surface area contributed by atoms with Crippen LogP contribution in [0.5, 0.6) is 0 Å². The van der Waals surface area contributed by atoms with Gasteiger partial charge in [-0.25, -0.2) is 10.9 Å². The molecular formula is C11H17Cl2N3S.